The van der Waals surface area contributed by atoms with Crippen molar-refractivity contribution in [3.05, 3.63) is 57.2 Å². The van der Waals surface area contributed by atoms with Gasteiger partial charge in [-0.15, -0.1) is 11.3 Å². The Bertz CT molecular complexity index is 481. The van der Waals surface area contributed by atoms with Gasteiger partial charge in [0.2, 0.25) is 0 Å². The Kier molecular flexibility index (Phi) is 5.90. The molecule has 19 heavy (non-hydrogen) atoms. The zero-order valence-electron chi connectivity index (χ0n) is 11.2. The molecule has 0 amide bonds. The number of nitrogens with one attached hydrogen (secondary N) is 1. The summed E-state index contributed by atoms with van der Waals surface area (Å²) < 4.78 is 0. The zero-order valence-corrected chi connectivity index (χ0v) is 12.8. The number of thiophene rings is 1. The van der Waals surface area contributed by atoms with Crippen LogP contribution in [0.4, 0.5) is 0 Å². The summed E-state index contributed by atoms with van der Waals surface area (Å²) in [6, 6.07) is 13.0. The topological polar surface area (TPSA) is 12.0 Å². The highest BCUT2D eigenvalue weighted by Gasteiger charge is 2.09. The molecule has 1 atom stereocenters. The predicted octanol–water partition coefficient (Wildman–Crippen LogP) is 4.55. The number of benzene rings is 1. The highest BCUT2D eigenvalue weighted by atomic mass is 35.5. The summed E-state index contributed by atoms with van der Waals surface area (Å²) in [6.07, 6.45) is 3.36. The normalized spacial score (nSPS) is 12.5. The van der Waals surface area contributed by atoms with Gasteiger partial charge in [0.25, 0.3) is 0 Å². The summed E-state index contributed by atoms with van der Waals surface area (Å²) in [6.45, 7) is 3.17. The highest BCUT2D eigenvalue weighted by molar-refractivity contribution is 7.09. The van der Waals surface area contributed by atoms with Crippen molar-refractivity contribution in [3.8, 4) is 0 Å². The van der Waals surface area contributed by atoms with E-state index in [9.17, 15) is 0 Å². The van der Waals surface area contributed by atoms with Crippen molar-refractivity contribution in [1.29, 1.82) is 0 Å². The van der Waals surface area contributed by atoms with Crippen molar-refractivity contribution < 1.29 is 0 Å². The molecule has 0 aliphatic rings. The molecule has 1 N–H and O–H groups in total. The second-order valence-electron chi connectivity index (χ2n) is 4.71. The van der Waals surface area contributed by atoms with Crippen LogP contribution in [0.5, 0.6) is 0 Å². The monoisotopic (exact) mass is 293 g/mol. The van der Waals surface area contributed by atoms with Gasteiger partial charge >= 0.3 is 0 Å². The number of hydrogen-bond donors (Lipinski definition) is 1. The summed E-state index contributed by atoms with van der Waals surface area (Å²) in [5, 5.41) is 6.55. The maximum atomic E-state index is 6.04. The molecule has 1 heterocycles. The number of hydrogen-bond acceptors (Lipinski definition) is 2. The van der Waals surface area contributed by atoms with Crippen molar-refractivity contribution in [1.82, 2.24) is 5.32 Å². The molecule has 2 aromatic rings. The summed E-state index contributed by atoms with van der Waals surface area (Å²) in [7, 11) is 0. The number of likely N-dealkylation sites (N-methyl/N-ethyl adjacent to an activating group) is 1. The van der Waals surface area contributed by atoms with Crippen LogP contribution in [0.2, 0.25) is 5.02 Å². The lowest BCUT2D eigenvalue weighted by atomic mass is 10.0. The molecule has 0 radical (unpaired) electrons. The molecule has 0 saturated carbocycles. The van der Waals surface area contributed by atoms with Crippen molar-refractivity contribution in [2.45, 2.75) is 32.2 Å². The largest absolute Gasteiger partial charge is 0.314 e. The minimum atomic E-state index is 0.519. The third-order valence-electron chi connectivity index (χ3n) is 3.18. The van der Waals surface area contributed by atoms with Gasteiger partial charge in [-0.05, 0) is 54.9 Å². The van der Waals surface area contributed by atoms with Crippen LogP contribution >= 0.6 is 22.9 Å². The Hall–Kier alpha value is -0.830. The highest BCUT2D eigenvalue weighted by Crippen LogP contribution is 2.16. The molecule has 0 spiro atoms. The quantitative estimate of drug-likeness (QED) is 0.789. The van der Waals surface area contributed by atoms with E-state index < -0.39 is 0 Å². The van der Waals surface area contributed by atoms with E-state index in [2.05, 4.69) is 41.9 Å². The molecule has 2 rings (SSSR count). The van der Waals surface area contributed by atoms with Crippen LogP contribution in [0.15, 0.2) is 41.8 Å². The third kappa shape index (κ3) is 4.98. The molecule has 0 aliphatic carbocycles. The molecule has 1 aromatic heterocycles. The average molecular weight is 294 g/mol. The lowest BCUT2D eigenvalue weighted by molar-refractivity contribution is 0.492. The van der Waals surface area contributed by atoms with Crippen molar-refractivity contribution in [2.75, 3.05) is 6.54 Å². The van der Waals surface area contributed by atoms with Gasteiger partial charge in [-0.2, -0.15) is 0 Å². The van der Waals surface area contributed by atoms with Gasteiger partial charge in [-0.25, -0.2) is 0 Å². The molecular formula is C16H20ClNS. The zero-order chi connectivity index (χ0) is 13.5. The van der Waals surface area contributed by atoms with Gasteiger partial charge < -0.3 is 5.32 Å². The van der Waals surface area contributed by atoms with Crippen LogP contribution in [-0.2, 0) is 12.8 Å². The molecule has 3 heteroatoms. The third-order valence-corrected chi connectivity index (χ3v) is 4.35. The van der Waals surface area contributed by atoms with E-state index in [1.165, 1.54) is 16.9 Å². The fourth-order valence-corrected chi connectivity index (χ4v) is 3.22. The Morgan fingerprint density at radius 1 is 1.26 bits per heavy atom. The fraction of sp³-hybridized carbons (Fsp3) is 0.375. The summed E-state index contributed by atoms with van der Waals surface area (Å²) in [5.41, 5.74) is 1.31. The van der Waals surface area contributed by atoms with E-state index in [1.54, 1.807) is 0 Å². The van der Waals surface area contributed by atoms with Crippen LogP contribution in [0.25, 0.3) is 0 Å². The molecule has 1 aromatic carbocycles. The maximum absolute atomic E-state index is 6.04. The molecule has 1 unspecified atom stereocenters. The van der Waals surface area contributed by atoms with Gasteiger partial charge in [0.1, 0.15) is 0 Å². The van der Waals surface area contributed by atoms with Gasteiger partial charge in [-0.1, -0.05) is 36.7 Å². The first-order valence-corrected chi connectivity index (χ1v) is 8.04. The smallest absolute Gasteiger partial charge is 0.0408 e. The van der Waals surface area contributed by atoms with Gasteiger partial charge in [0, 0.05) is 15.9 Å². The molecule has 0 saturated heterocycles. The second-order valence-corrected chi connectivity index (χ2v) is 6.18. The van der Waals surface area contributed by atoms with Gasteiger partial charge in [-0.3, -0.25) is 0 Å². The lowest BCUT2D eigenvalue weighted by Gasteiger charge is -2.17. The summed E-state index contributed by atoms with van der Waals surface area (Å²) >= 11 is 7.89. The fourth-order valence-electron chi connectivity index (χ4n) is 2.28. The first-order chi connectivity index (χ1) is 9.28. The minimum absolute atomic E-state index is 0.519. The van der Waals surface area contributed by atoms with Crippen molar-refractivity contribution in [3.63, 3.8) is 0 Å². The Morgan fingerprint density at radius 2 is 2.16 bits per heavy atom. The molecular weight excluding hydrogens is 274 g/mol. The van der Waals surface area contributed by atoms with E-state index in [0.717, 1.165) is 24.4 Å². The minimum Gasteiger partial charge on any atom is -0.314 e. The van der Waals surface area contributed by atoms with Crippen LogP contribution in [0.1, 0.15) is 23.8 Å². The Labute approximate surface area is 124 Å². The maximum Gasteiger partial charge on any atom is 0.0408 e. The van der Waals surface area contributed by atoms with E-state index in [0.29, 0.717) is 6.04 Å². The van der Waals surface area contributed by atoms with E-state index in [4.69, 9.17) is 11.6 Å². The average Bonchev–Trinajstić information content (AvgIpc) is 2.89. The summed E-state index contributed by atoms with van der Waals surface area (Å²) in [5.74, 6) is 0. The second kappa shape index (κ2) is 7.68. The molecule has 0 aliphatic heterocycles. The first kappa shape index (κ1) is 14.6. The van der Waals surface area contributed by atoms with Crippen LogP contribution in [0.3, 0.4) is 0 Å². The van der Waals surface area contributed by atoms with Crippen molar-refractivity contribution >= 4 is 22.9 Å². The number of rotatable bonds is 7. The molecule has 1 nitrogen and oxygen atoms in total. The van der Waals surface area contributed by atoms with Crippen molar-refractivity contribution in [2.24, 2.45) is 0 Å². The van der Waals surface area contributed by atoms with E-state index in [-0.39, 0.29) is 0 Å². The molecule has 0 fully saturated rings. The number of halogens is 1. The molecule has 0 bridgehead atoms. The van der Waals surface area contributed by atoms with Crippen LogP contribution in [-0.4, -0.2) is 12.6 Å². The van der Waals surface area contributed by atoms with E-state index >= 15 is 0 Å². The summed E-state index contributed by atoms with van der Waals surface area (Å²) in [4.78, 5) is 1.47. The first-order valence-electron chi connectivity index (χ1n) is 6.78. The standard InChI is InChI=1S/C16H20ClNS/c1-2-18-15(8-9-16-7-4-10-19-16)12-13-5-3-6-14(17)11-13/h3-7,10-11,15,18H,2,8-9,12H2,1H3. The SMILES string of the molecule is CCNC(CCc1cccs1)Cc1cccc(Cl)c1. The van der Waals surface area contributed by atoms with Crippen LogP contribution in [0, 0.1) is 0 Å². The van der Waals surface area contributed by atoms with Gasteiger partial charge in [0.15, 0.2) is 0 Å². The van der Waals surface area contributed by atoms with Gasteiger partial charge in [0.05, 0.1) is 0 Å². The molecule has 102 valence electrons. The Morgan fingerprint density at radius 3 is 2.84 bits per heavy atom. The predicted molar refractivity (Wildman–Crippen MR) is 85.3 cm³/mol. The number of aryl methyl sites for hydroxylation is 1. The Balaban J connectivity index is 1.91. The lowest BCUT2D eigenvalue weighted by Crippen LogP contribution is -2.31. The van der Waals surface area contributed by atoms with Crippen LogP contribution < -0.4 is 5.32 Å². The van der Waals surface area contributed by atoms with E-state index in [1.807, 2.05) is 23.5 Å².